The molecule has 0 heterocycles. The number of rotatable bonds is 6. The van der Waals surface area contributed by atoms with Gasteiger partial charge in [0.1, 0.15) is 0 Å². The average Bonchev–Trinajstić information content (AvgIpc) is 2.96. The van der Waals surface area contributed by atoms with E-state index < -0.39 is 46.4 Å². The molecule has 0 spiro atoms. The van der Waals surface area contributed by atoms with Gasteiger partial charge in [-0.3, -0.25) is 0 Å². The molecule has 0 radical (unpaired) electrons. The molecule has 5 rings (SSSR count). The van der Waals surface area contributed by atoms with E-state index >= 15 is 4.39 Å². The van der Waals surface area contributed by atoms with Gasteiger partial charge in [0.15, 0.2) is 34.7 Å². The summed E-state index contributed by atoms with van der Waals surface area (Å²) in [6.45, 7) is 0.161. The van der Waals surface area contributed by atoms with Crippen LogP contribution in [-0.4, -0.2) is 16.8 Å². The van der Waals surface area contributed by atoms with Crippen LogP contribution in [0.25, 0.3) is 0 Å². The molecule has 2 aliphatic carbocycles. The number of aromatic hydroxyl groups is 2. The summed E-state index contributed by atoms with van der Waals surface area (Å²) < 4.78 is 91.6. The number of benzene rings is 3. The first-order chi connectivity index (χ1) is 19.2. The van der Waals surface area contributed by atoms with Crippen molar-refractivity contribution in [2.75, 3.05) is 6.61 Å². The number of phenolic OH excluding ortho intramolecular Hbond substituents is 2. The molecule has 40 heavy (non-hydrogen) atoms. The maximum atomic E-state index is 15.1. The molecule has 3 aromatic carbocycles. The van der Waals surface area contributed by atoms with Gasteiger partial charge in [0.05, 0.1) is 6.61 Å². The Bertz CT molecular complexity index is 1380. The normalized spacial score (nSPS) is 23.2. The minimum Gasteiger partial charge on any atom is -0.505 e. The molecule has 2 N–H and O–H groups in total. The van der Waals surface area contributed by atoms with Crippen molar-refractivity contribution in [3.05, 3.63) is 88.0 Å². The topological polar surface area (TPSA) is 49.7 Å². The summed E-state index contributed by atoms with van der Waals surface area (Å²) in [5, 5.41) is 18.7. The van der Waals surface area contributed by atoms with Crippen molar-refractivity contribution in [1.82, 2.24) is 0 Å². The quantitative estimate of drug-likeness (QED) is 0.295. The van der Waals surface area contributed by atoms with Crippen molar-refractivity contribution in [3.8, 4) is 17.2 Å². The van der Waals surface area contributed by atoms with E-state index in [1.165, 1.54) is 24.3 Å². The first-order valence-corrected chi connectivity index (χ1v) is 13.6. The third-order valence-corrected chi connectivity index (χ3v) is 8.63. The zero-order valence-electron chi connectivity index (χ0n) is 21.7. The fourth-order valence-electron chi connectivity index (χ4n) is 6.28. The van der Waals surface area contributed by atoms with Crippen molar-refractivity contribution >= 4 is 0 Å². The molecule has 0 atom stereocenters. The van der Waals surface area contributed by atoms with E-state index in [1.54, 1.807) is 0 Å². The van der Waals surface area contributed by atoms with Crippen molar-refractivity contribution in [3.63, 3.8) is 0 Å². The van der Waals surface area contributed by atoms with Gasteiger partial charge in [0, 0.05) is 0 Å². The van der Waals surface area contributed by atoms with Crippen LogP contribution in [0.2, 0.25) is 0 Å². The summed E-state index contributed by atoms with van der Waals surface area (Å²) in [5.74, 6) is -9.04. The molecule has 0 aromatic heterocycles. The zero-order chi connectivity index (χ0) is 28.6. The Labute approximate surface area is 228 Å². The highest BCUT2D eigenvalue weighted by atomic mass is 19.2. The Hall–Kier alpha value is -3.36. The van der Waals surface area contributed by atoms with Crippen LogP contribution in [0.15, 0.2) is 36.4 Å². The van der Waals surface area contributed by atoms with Gasteiger partial charge < -0.3 is 14.9 Å². The van der Waals surface area contributed by atoms with Crippen LogP contribution in [0, 0.1) is 40.8 Å². The lowest BCUT2D eigenvalue weighted by atomic mass is 9.76. The van der Waals surface area contributed by atoms with Gasteiger partial charge in [0.25, 0.3) is 0 Å². The van der Waals surface area contributed by atoms with Gasteiger partial charge in [-0.25, -0.2) is 13.2 Å². The van der Waals surface area contributed by atoms with E-state index in [9.17, 15) is 32.2 Å². The van der Waals surface area contributed by atoms with Gasteiger partial charge in [-0.15, -0.1) is 0 Å². The van der Waals surface area contributed by atoms with E-state index in [2.05, 4.69) is 0 Å². The van der Waals surface area contributed by atoms with Crippen molar-refractivity contribution in [1.29, 1.82) is 0 Å². The molecule has 9 heteroatoms. The van der Waals surface area contributed by atoms with E-state index in [1.807, 2.05) is 0 Å². The van der Waals surface area contributed by atoms with Crippen LogP contribution < -0.4 is 4.74 Å². The van der Waals surface area contributed by atoms with E-state index in [4.69, 9.17) is 4.74 Å². The molecule has 0 saturated heterocycles. The Morgan fingerprint density at radius 3 is 1.32 bits per heavy atom. The molecule has 3 nitrogen and oxygen atoms in total. The monoisotopic (exact) mass is 564 g/mol. The Morgan fingerprint density at radius 2 is 0.875 bits per heavy atom. The Kier molecular flexibility index (Phi) is 8.19. The highest BCUT2D eigenvalue weighted by Gasteiger charge is 2.31. The molecule has 2 fully saturated rings. The second-order valence-corrected chi connectivity index (χ2v) is 11.0. The predicted octanol–water partition coefficient (Wildman–Crippen LogP) is 8.73. The number of hydrogen-bond acceptors (Lipinski definition) is 3. The molecular formula is C31H30F6O3. The number of halogens is 6. The highest BCUT2D eigenvalue weighted by molar-refractivity contribution is 5.36. The first-order valence-electron chi connectivity index (χ1n) is 13.6. The molecule has 0 unspecified atom stereocenters. The smallest absolute Gasteiger partial charge is 0.200 e. The van der Waals surface area contributed by atoms with Gasteiger partial charge in [-0.2, -0.15) is 13.2 Å². The van der Waals surface area contributed by atoms with Gasteiger partial charge in [-0.1, -0.05) is 18.2 Å². The maximum absolute atomic E-state index is 15.1. The predicted molar refractivity (Wildman–Crippen MR) is 137 cm³/mol. The van der Waals surface area contributed by atoms with E-state index in [-0.39, 0.29) is 52.7 Å². The van der Waals surface area contributed by atoms with Crippen LogP contribution >= 0.6 is 0 Å². The van der Waals surface area contributed by atoms with Crippen molar-refractivity contribution < 1.29 is 41.3 Å². The minimum atomic E-state index is -1.28. The Morgan fingerprint density at radius 1 is 0.500 bits per heavy atom. The molecule has 0 amide bonds. The molecule has 2 saturated carbocycles. The van der Waals surface area contributed by atoms with E-state index in [0.29, 0.717) is 51.4 Å². The highest BCUT2D eigenvalue weighted by Crippen LogP contribution is 2.44. The maximum Gasteiger partial charge on any atom is 0.200 e. The summed E-state index contributed by atoms with van der Waals surface area (Å²) >= 11 is 0. The van der Waals surface area contributed by atoms with Gasteiger partial charge >= 0.3 is 0 Å². The van der Waals surface area contributed by atoms with Crippen LogP contribution in [0.5, 0.6) is 17.2 Å². The fourth-order valence-corrected chi connectivity index (χ4v) is 6.28. The largest absolute Gasteiger partial charge is 0.505 e. The average molecular weight is 565 g/mol. The third kappa shape index (κ3) is 5.47. The molecule has 0 bridgehead atoms. The first kappa shape index (κ1) is 28.2. The molecule has 2 aliphatic rings. The van der Waals surface area contributed by atoms with Crippen LogP contribution in [0.1, 0.15) is 85.8 Å². The molecule has 3 aromatic rings. The number of ether oxygens (including phenoxy) is 1. The summed E-state index contributed by atoms with van der Waals surface area (Å²) in [5.41, 5.74) is 0.635. The van der Waals surface area contributed by atoms with Crippen LogP contribution in [0.3, 0.4) is 0 Å². The Balaban J connectivity index is 1.16. The standard InChI is InChI=1S/C31H30F6O3/c32-26-20(9-12-23(38)29(26)35)17-3-1-16(2-4-17)15-40-25-14-11-22(28(34)31(25)37)19-7-5-18(6-8-19)21-10-13-24(39)30(36)27(21)33/h9-14,16-19,38-39H,1-8,15H2. The third-order valence-electron chi connectivity index (χ3n) is 8.63. The van der Waals surface area contributed by atoms with Crippen molar-refractivity contribution in [2.45, 2.75) is 69.1 Å². The van der Waals surface area contributed by atoms with E-state index in [0.717, 1.165) is 12.1 Å². The lowest BCUT2D eigenvalue weighted by Crippen LogP contribution is -2.20. The minimum absolute atomic E-state index is 0.0452. The summed E-state index contributed by atoms with van der Waals surface area (Å²) in [6, 6.07) is 7.95. The second kappa shape index (κ2) is 11.6. The molecule has 214 valence electrons. The van der Waals surface area contributed by atoms with Crippen molar-refractivity contribution in [2.24, 2.45) is 5.92 Å². The SMILES string of the molecule is Oc1ccc(C2CCC(COc3ccc(C4CCC(c5ccc(O)c(F)c5F)CC4)c(F)c3F)CC2)c(F)c1F. The summed E-state index contributed by atoms with van der Waals surface area (Å²) in [6.07, 6.45) is 4.31. The number of hydrogen-bond donors (Lipinski definition) is 2. The van der Waals surface area contributed by atoms with Crippen LogP contribution in [-0.2, 0) is 0 Å². The number of phenols is 2. The van der Waals surface area contributed by atoms with Gasteiger partial charge in [0.2, 0.25) is 17.5 Å². The fraction of sp³-hybridized carbons (Fsp3) is 0.419. The molecule has 0 aliphatic heterocycles. The second-order valence-electron chi connectivity index (χ2n) is 11.0. The van der Waals surface area contributed by atoms with Crippen LogP contribution in [0.4, 0.5) is 26.3 Å². The molecular weight excluding hydrogens is 534 g/mol. The summed E-state index contributed by atoms with van der Waals surface area (Å²) in [7, 11) is 0. The lowest BCUT2D eigenvalue weighted by Gasteiger charge is -2.30. The lowest BCUT2D eigenvalue weighted by molar-refractivity contribution is 0.191. The summed E-state index contributed by atoms with van der Waals surface area (Å²) in [4.78, 5) is 0. The van der Waals surface area contributed by atoms with Gasteiger partial charge in [-0.05, 0) is 110 Å². The zero-order valence-corrected chi connectivity index (χ0v) is 21.7.